The zero-order chi connectivity index (χ0) is 18.5. The van der Waals surface area contributed by atoms with Crippen LogP contribution in [-0.2, 0) is 24.3 Å². The van der Waals surface area contributed by atoms with Crippen LogP contribution < -0.4 is 10.3 Å². The summed E-state index contributed by atoms with van der Waals surface area (Å²) in [5.74, 6) is -0.152. The molecule has 0 N–H and O–H groups in total. The summed E-state index contributed by atoms with van der Waals surface area (Å²) in [5.41, 5.74) is 1.82. The van der Waals surface area contributed by atoms with Crippen molar-refractivity contribution in [2.24, 2.45) is 0 Å². The van der Waals surface area contributed by atoms with E-state index in [1.54, 1.807) is 16.7 Å². The third-order valence-corrected chi connectivity index (χ3v) is 4.72. The zero-order valence-electron chi connectivity index (χ0n) is 14.8. The molecule has 0 saturated heterocycles. The fourth-order valence-corrected chi connectivity index (χ4v) is 3.33. The minimum absolute atomic E-state index is 0.125. The Kier molecular flexibility index (Phi) is 5.99. The second-order valence-corrected chi connectivity index (χ2v) is 6.70. The predicted octanol–water partition coefficient (Wildman–Crippen LogP) is 3.98. The summed E-state index contributed by atoms with van der Waals surface area (Å²) in [6.07, 6.45) is 3.57. The van der Waals surface area contributed by atoms with Crippen molar-refractivity contribution >= 4 is 17.6 Å². The summed E-state index contributed by atoms with van der Waals surface area (Å²) in [4.78, 5) is 25.2. The highest BCUT2D eigenvalue weighted by molar-refractivity contribution is 6.30. The number of carbonyl (C=O) groups is 1. The second kappa shape index (κ2) is 8.41. The molecule has 1 aromatic heterocycles. The number of esters is 1. The van der Waals surface area contributed by atoms with Crippen LogP contribution in [0.15, 0.2) is 35.1 Å². The first-order chi connectivity index (χ1) is 12.6. The lowest BCUT2D eigenvalue weighted by Crippen LogP contribution is -2.26. The summed E-state index contributed by atoms with van der Waals surface area (Å²) in [5, 5.41) is 0.631. The number of hydrogen-bond acceptors (Lipinski definition) is 4. The zero-order valence-corrected chi connectivity index (χ0v) is 15.6. The third kappa shape index (κ3) is 4.10. The van der Waals surface area contributed by atoms with Gasteiger partial charge in [-0.15, -0.1) is 0 Å². The minimum Gasteiger partial charge on any atom is -0.493 e. The standard InChI is InChI=1S/C20H22ClNO4/c1-2-25-17-12-18(23)22-11-5-3-4-6-16(22)19(17)20(24)26-13-14-7-9-15(21)10-8-14/h7-10,12H,2-6,11,13H2,1H3. The molecule has 0 saturated carbocycles. The molecule has 5 nitrogen and oxygen atoms in total. The molecule has 0 aliphatic carbocycles. The predicted molar refractivity (Wildman–Crippen MR) is 100.0 cm³/mol. The Morgan fingerprint density at radius 1 is 1.19 bits per heavy atom. The van der Waals surface area contributed by atoms with Crippen LogP contribution in [0.4, 0.5) is 0 Å². The first-order valence-electron chi connectivity index (χ1n) is 8.91. The maximum atomic E-state index is 12.8. The Bertz CT molecular complexity index is 842. The number of rotatable bonds is 5. The highest BCUT2D eigenvalue weighted by Crippen LogP contribution is 2.26. The lowest BCUT2D eigenvalue weighted by molar-refractivity contribution is 0.0465. The first kappa shape index (κ1) is 18.5. The number of halogens is 1. The maximum Gasteiger partial charge on any atom is 0.344 e. The molecule has 138 valence electrons. The molecular formula is C20H22ClNO4. The summed E-state index contributed by atoms with van der Waals surface area (Å²) >= 11 is 5.88. The van der Waals surface area contributed by atoms with E-state index in [0.29, 0.717) is 35.9 Å². The van der Waals surface area contributed by atoms with E-state index in [4.69, 9.17) is 21.1 Å². The van der Waals surface area contributed by atoms with Crippen LogP contribution in [0, 0.1) is 0 Å². The van der Waals surface area contributed by atoms with Gasteiger partial charge < -0.3 is 14.0 Å². The minimum atomic E-state index is -0.464. The van der Waals surface area contributed by atoms with Gasteiger partial charge in [0.25, 0.3) is 5.56 Å². The van der Waals surface area contributed by atoms with Crippen LogP contribution >= 0.6 is 11.6 Å². The summed E-state index contributed by atoms with van der Waals surface area (Å²) < 4.78 is 12.8. The van der Waals surface area contributed by atoms with E-state index >= 15 is 0 Å². The molecule has 1 aliphatic heterocycles. The van der Waals surface area contributed by atoms with E-state index in [-0.39, 0.29) is 12.2 Å². The Hall–Kier alpha value is -2.27. The fourth-order valence-electron chi connectivity index (χ4n) is 3.21. The van der Waals surface area contributed by atoms with Crippen molar-refractivity contribution in [3.63, 3.8) is 0 Å². The molecule has 6 heteroatoms. The second-order valence-electron chi connectivity index (χ2n) is 6.27. The van der Waals surface area contributed by atoms with Crippen LogP contribution in [0.5, 0.6) is 5.75 Å². The van der Waals surface area contributed by atoms with Crippen molar-refractivity contribution < 1.29 is 14.3 Å². The summed E-state index contributed by atoms with van der Waals surface area (Å²) in [6, 6.07) is 8.54. The number of ether oxygens (including phenoxy) is 2. The maximum absolute atomic E-state index is 12.8. The van der Waals surface area contributed by atoms with Gasteiger partial charge in [-0.3, -0.25) is 4.79 Å². The van der Waals surface area contributed by atoms with Crippen LogP contribution in [0.3, 0.4) is 0 Å². The molecule has 26 heavy (non-hydrogen) atoms. The quantitative estimate of drug-likeness (QED) is 0.741. The molecule has 0 fully saturated rings. The first-order valence-corrected chi connectivity index (χ1v) is 9.29. The van der Waals surface area contributed by atoms with Crippen molar-refractivity contribution in [3.05, 3.63) is 62.5 Å². The normalized spacial score (nSPS) is 13.6. The number of hydrogen-bond donors (Lipinski definition) is 0. The van der Waals surface area contributed by atoms with E-state index < -0.39 is 5.97 Å². The van der Waals surface area contributed by atoms with Gasteiger partial charge in [0.1, 0.15) is 17.9 Å². The van der Waals surface area contributed by atoms with Gasteiger partial charge in [0.2, 0.25) is 0 Å². The molecule has 3 rings (SSSR count). The largest absolute Gasteiger partial charge is 0.493 e. The van der Waals surface area contributed by atoms with Crippen molar-refractivity contribution in [2.45, 2.75) is 45.8 Å². The molecule has 1 aliphatic rings. The third-order valence-electron chi connectivity index (χ3n) is 4.46. The fraction of sp³-hybridized carbons (Fsp3) is 0.400. The Balaban J connectivity index is 1.92. The van der Waals surface area contributed by atoms with Crippen molar-refractivity contribution in [1.82, 2.24) is 4.57 Å². The Labute approximate surface area is 157 Å². The Morgan fingerprint density at radius 2 is 1.96 bits per heavy atom. The molecule has 2 heterocycles. The van der Waals surface area contributed by atoms with Crippen molar-refractivity contribution in [3.8, 4) is 5.75 Å². The number of carbonyl (C=O) groups excluding carboxylic acids is 1. The van der Waals surface area contributed by atoms with Crippen LogP contribution in [-0.4, -0.2) is 17.1 Å². The SMILES string of the molecule is CCOc1cc(=O)n2c(c1C(=O)OCc1ccc(Cl)cc1)CCCCC2. The van der Waals surface area contributed by atoms with E-state index in [9.17, 15) is 9.59 Å². The Morgan fingerprint density at radius 3 is 2.69 bits per heavy atom. The number of benzene rings is 1. The van der Waals surface area contributed by atoms with Gasteiger partial charge >= 0.3 is 5.97 Å². The number of aromatic nitrogens is 1. The molecule has 2 aromatic rings. The smallest absolute Gasteiger partial charge is 0.344 e. The van der Waals surface area contributed by atoms with Gasteiger partial charge in [-0.2, -0.15) is 0 Å². The highest BCUT2D eigenvalue weighted by atomic mass is 35.5. The molecule has 0 bridgehead atoms. The summed E-state index contributed by atoms with van der Waals surface area (Å²) in [6.45, 7) is 2.96. The molecule has 0 amide bonds. The monoisotopic (exact) mass is 375 g/mol. The number of fused-ring (bicyclic) bond motifs is 1. The van der Waals surface area contributed by atoms with Gasteiger partial charge in [-0.25, -0.2) is 4.79 Å². The molecule has 1 aromatic carbocycles. The van der Waals surface area contributed by atoms with Crippen LogP contribution in [0.2, 0.25) is 5.02 Å². The molecular weight excluding hydrogens is 354 g/mol. The van der Waals surface area contributed by atoms with Gasteiger partial charge in [0.05, 0.1) is 6.61 Å². The van der Waals surface area contributed by atoms with Gasteiger partial charge in [-0.1, -0.05) is 30.2 Å². The topological polar surface area (TPSA) is 57.5 Å². The molecule has 0 unspecified atom stereocenters. The average molecular weight is 376 g/mol. The average Bonchev–Trinajstić information content (AvgIpc) is 2.88. The van der Waals surface area contributed by atoms with Gasteiger partial charge in [0, 0.05) is 23.3 Å². The molecule has 0 radical (unpaired) electrons. The van der Waals surface area contributed by atoms with Gasteiger partial charge in [-0.05, 0) is 43.9 Å². The van der Waals surface area contributed by atoms with Gasteiger partial charge in [0.15, 0.2) is 0 Å². The van der Waals surface area contributed by atoms with Crippen molar-refractivity contribution in [2.75, 3.05) is 6.61 Å². The number of pyridine rings is 1. The van der Waals surface area contributed by atoms with E-state index in [1.807, 2.05) is 19.1 Å². The number of nitrogens with zero attached hydrogens (tertiary/aromatic N) is 1. The van der Waals surface area contributed by atoms with E-state index in [1.165, 1.54) is 6.07 Å². The van der Waals surface area contributed by atoms with E-state index in [0.717, 1.165) is 30.5 Å². The van der Waals surface area contributed by atoms with E-state index in [2.05, 4.69) is 0 Å². The lowest BCUT2D eigenvalue weighted by Gasteiger charge is -2.17. The van der Waals surface area contributed by atoms with Crippen molar-refractivity contribution in [1.29, 1.82) is 0 Å². The molecule has 0 spiro atoms. The van der Waals surface area contributed by atoms with Crippen LogP contribution in [0.1, 0.15) is 47.8 Å². The lowest BCUT2D eigenvalue weighted by atomic mass is 10.1. The van der Waals surface area contributed by atoms with Crippen LogP contribution in [0.25, 0.3) is 0 Å². The molecule has 0 atom stereocenters. The highest BCUT2D eigenvalue weighted by Gasteiger charge is 2.24. The summed E-state index contributed by atoms with van der Waals surface area (Å²) in [7, 11) is 0.